The van der Waals surface area contributed by atoms with Crippen LogP contribution < -0.4 is 5.32 Å². The lowest BCUT2D eigenvalue weighted by Crippen LogP contribution is -2.33. The summed E-state index contributed by atoms with van der Waals surface area (Å²) in [4.78, 5) is 10.5. The van der Waals surface area contributed by atoms with Crippen molar-refractivity contribution in [3.8, 4) is 17.2 Å². The molecule has 4 heteroatoms. The van der Waals surface area contributed by atoms with Crippen LogP contribution in [-0.2, 0) is 11.8 Å². The molecule has 61 heavy (non-hydrogen) atoms. The minimum absolute atomic E-state index is 0.305. The summed E-state index contributed by atoms with van der Waals surface area (Å²) in [6.07, 6.45) is 20.6. The lowest BCUT2D eigenvalue weighted by atomic mass is 9.61. The van der Waals surface area contributed by atoms with Crippen LogP contribution in [0.4, 0.5) is 5.69 Å². The molecule has 2 unspecified atom stereocenters. The molecule has 0 spiro atoms. The van der Waals surface area contributed by atoms with Crippen molar-refractivity contribution >= 4 is 28.5 Å². The smallest absolute Gasteiger partial charge is 0.159 e. The van der Waals surface area contributed by atoms with Gasteiger partial charge in [0.1, 0.15) is 0 Å². The maximum atomic E-state index is 10.9. The van der Waals surface area contributed by atoms with Gasteiger partial charge >= 0.3 is 0 Å². The van der Waals surface area contributed by atoms with Crippen molar-refractivity contribution in [2.45, 2.75) is 32.1 Å². The number of hydrogen-bond acceptors (Lipinski definition) is 3. The van der Waals surface area contributed by atoms with Crippen molar-refractivity contribution in [1.82, 2.24) is 0 Å². The van der Waals surface area contributed by atoms with Gasteiger partial charge in [-0.3, -0.25) is 0 Å². The first-order valence-electron chi connectivity index (χ1n) is 20.8. The van der Waals surface area contributed by atoms with Crippen LogP contribution in [0.3, 0.4) is 0 Å². The van der Waals surface area contributed by atoms with E-state index in [1.54, 1.807) is 0 Å². The molecular formula is C57H46N4. The number of para-hydroxylation sites is 1. The number of anilines is 1. The summed E-state index contributed by atoms with van der Waals surface area (Å²) in [7, 11) is 0. The molecule has 1 N–H and O–H groups in total. The number of rotatable bonds is 7. The van der Waals surface area contributed by atoms with Gasteiger partial charge in [-0.25, -0.2) is 9.98 Å². The summed E-state index contributed by atoms with van der Waals surface area (Å²) in [6.45, 7) is 8.69. The summed E-state index contributed by atoms with van der Waals surface area (Å²) < 4.78 is 0. The normalized spacial score (nSPS) is 21.1. The lowest BCUT2D eigenvalue weighted by molar-refractivity contribution is 0.599. The predicted molar refractivity (Wildman–Crippen MR) is 255 cm³/mol. The number of hydrogen-bond donors (Lipinski definition) is 1. The van der Waals surface area contributed by atoms with E-state index in [0.29, 0.717) is 17.1 Å². The van der Waals surface area contributed by atoms with Gasteiger partial charge in [0, 0.05) is 28.6 Å². The molecule has 1 aliphatic heterocycles. The quantitative estimate of drug-likeness (QED) is 0.129. The molecule has 9 rings (SSSR count). The molecule has 3 aliphatic rings. The summed E-state index contributed by atoms with van der Waals surface area (Å²) in [5.74, 6) is 0.497. The summed E-state index contributed by atoms with van der Waals surface area (Å²) in [5, 5.41) is 14.5. The summed E-state index contributed by atoms with van der Waals surface area (Å²) >= 11 is 0. The average molecular weight is 787 g/mol. The van der Waals surface area contributed by atoms with Gasteiger partial charge in [-0.2, -0.15) is 5.26 Å². The molecule has 4 nitrogen and oxygen atoms in total. The van der Waals surface area contributed by atoms with E-state index < -0.39 is 5.41 Å². The SMILES string of the molecule is C=C(N=C(N=C(C)C1(C)C=CC=CC1)c1cc(C#N)cc(\C2=C/C=C\C=C\Nc3ccccc3C2(c2ccccc2)c2cccc3c2Cc2ccccc2-3)c1)c1ccccc1. The van der Waals surface area contributed by atoms with E-state index >= 15 is 0 Å². The standard InChI is InChI=1S/C57H46N4/c1-40(43-21-8-4-9-22-43)60-55(61-41(2)56(3)32-17-7-18-33-56)46-36-42(39-58)35-45(37-46)51-28-12-6-19-34-59-54-31-16-15-29-53(54)57(51,47-24-10-5-11-25-47)52-30-20-27-49-48-26-14-13-23-44(48)38-50(49)52/h4-32,34-37,59H,1,33,38H2,2-3H3/b12-6-,34-19+,51-28+,60-55?,61-41?. The molecule has 0 bridgehead atoms. The minimum Gasteiger partial charge on any atom is -0.361 e. The molecule has 0 radical (unpaired) electrons. The Kier molecular flexibility index (Phi) is 10.6. The second kappa shape index (κ2) is 16.6. The van der Waals surface area contributed by atoms with Crippen LogP contribution in [-0.4, -0.2) is 11.5 Å². The van der Waals surface area contributed by atoms with E-state index in [-0.39, 0.29) is 5.41 Å². The van der Waals surface area contributed by atoms with Crippen molar-refractivity contribution in [3.63, 3.8) is 0 Å². The van der Waals surface area contributed by atoms with E-state index in [0.717, 1.165) is 57.6 Å². The average Bonchev–Trinajstić information content (AvgIpc) is 3.70. The second-order valence-electron chi connectivity index (χ2n) is 16.1. The molecule has 2 atom stereocenters. The Bertz CT molecular complexity index is 2930. The molecule has 0 aromatic heterocycles. The molecule has 0 amide bonds. The first-order chi connectivity index (χ1) is 29.9. The Morgan fingerprint density at radius 1 is 0.705 bits per heavy atom. The first kappa shape index (κ1) is 38.9. The third-order valence-electron chi connectivity index (χ3n) is 12.3. The third kappa shape index (κ3) is 7.26. The largest absolute Gasteiger partial charge is 0.361 e. The van der Waals surface area contributed by atoms with Crippen LogP contribution in [0.2, 0.25) is 0 Å². The highest BCUT2D eigenvalue weighted by molar-refractivity contribution is 6.10. The van der Waals surface area contributed by atoms with Crippen LogP contribution in [0.25, 0.3) is 22.4 Å². The van der Waals surface area contributed by atoms with E-state index in [2.05, 4.69) is 171 Å². The molecular weight excluding hydrogens is 741 g/mol. The van der Waals surface area contributed by atoms with Gasteiger partial charge in [0.15, 0.2) is 5.84 Å². The van der Waals surface area contributed by atoms with Gasteiger partial charge < -0.3 is 5.32 Å². The number of nitrogens with one attached hydrogen (secondary N) is 1. The summed E-state index contributed by atoms with van der Waals surface area (Å²) in [6, 6.07) is 53.5. The Labute approximate surface area is 359 Å². The van der Waals surface area contributed by atoms with Crippen molar-refractivity contribution in [2.24, 2.45) is 15.4 Å². The van der Waals surface area contributed by atoms with Gasteiger partial charge in [-0.15, -0.1) is 0 Å². The molecule has 294 valence electrons. The van der Waals surface area contributed by atoms with Gasteiger partial charge in [-0.1, -0.05) is 177 Å². The Morgan fingerprint density at radius 2 is 1.44 bits per heavy atom. The predicted octanol–water partition coefficient (Wildman–Crippen LogP) is 13.4. The van der Waals surface area contributed by atoms with E-state index in [9.17, 15) is 5.26 Å². The highest BCUT2D eigenvalue weighted by atomic mass is 14.9. The van der Waals surface area contributed by atoms with Gasteiger partial charge in [-0.05, 0) is 106 Å². The van der Waals surface area contributed by atoms with Crippen LogP contribution in [0.5, 0.6) is 0 Å². The number of fused-ring (bicyclic) bond motifs is 4. The highest BCUT2D eigenvalue weighted by Gasteiger charge is 2.45. The topological polar surface area (TPSA) is 60.5 Å². The number of benzene rings is 6. The zero-order valence-corrected chi connectivity index (χ0v) is 34.5. The highest BCUT2D eigenvalue weighted by Crippen LogP contribution is 2.55. The van der Waals surface area contributed by atoms with Gasteiger partial charge in [0.2, 0.25) is 0 Å². The number of aliphatic imine (C=N–C) groups is 2. The third-order valence-corrected chi connectivity index (χ3v) is 12.3. The summed E-state index contributed by atoms with van der Waals surface area (Å²) in [5.41, 5.74) is 13.8. The number of amidine groups is 1. The number of allylic oxidation sites excluding steroid dienone is 9. The van der Waals surface area contributed by atoms with Crippen LogP contribution in [0.1, 0.15) is 70.3 Å². The van der Waals surface area contributed by atoms with Crippen LogP contribution in [0.15, 0.2) is 217 Å². The zero-order valence-electron chi connectivity index (χ0n) is 34.5. The minimum atomic E-state index is -0.879. The Balaban J connectivity index is 1.36. The molecule has 1 heterocycles. The zero-order chi connectivity index (χ0) is 41.8. The van der Waals surface area contributed by atoms with Gasteiger partial charge in [0.05, 0.1) is 22.7 Å². The second-order valence-corrected chi connectivity index (χ2v) is 16.1. The molecule has 0 saturated carbocycles. The number of nitriles is 1. The lowest BCUT2D eigenvalue weighted by Gasteiger charge is -2.41. The van der Waals surface area contributed by atoms with Crippen molar-refractivity contribution in [3.05, 3.63) is 257 Å². The molecule has 2 aliphatic carbocycles. The Hall–Kier alpha value is -7.61. The maximum absolute atomic E-state index is 10.9. The monoisotopic (exact) mass is 786 g/mol. The molecule has 0 saturated heterocycles. The fourth-order valence-electron chi connectivity index (χ4n) is 9.12. The van der Waals surface area contributed by atoms with Gasteiger partial charge in [0.25, 0.3) is 0 Å². The number of nitrogens with zero attached hydrogens (tertiary/aromatic N) is 3. The van der Waals surface area contributed by atoms with Crippen molar-refractivity contribution in [1.29, 1.82) is 5.26 Å². The fourth-order valence-corrected chi connectivity index (χ4v) is 9.12. The van der Waals surface area contributed by atoms with Crippen molar-refractivity contribution in [2.75, 3.05) is 5.32 Å². The molecule has 6 aromatic carbocycles. The van der Waals surface area contributed by atoms with E-state index in [1.807, 2.05) is 60.8 Å². The maximum Gasteiger partial charge on any atom is 0.159 e. The van der Waals surface area contributed by atoms with Crippen LogP contribution in [0, 0.1) is 16.7 Å². The van der Waals surface area contributed by atoms with Crippen LogP contribution >= 0.6 is 0 Å². The molecule has 6 aromatic rings. The van der Waals surface area contributed by atoms with E-state index in [1.165, 1.54) is 27.8 Å². The van der Waals surface area contributed by atoms with E-state index in [4.69, 9.17) is 9.98 Å². The first-order valence-corrected chi connectivity index (χ1v) is 20.8. The molecule has 0 fully saturated rings. The Morgan fingerprint density at radius 3 is 2.25 bits per heavy atom. The fraction of sp³-hybridized carbons (Fsp3) is 0.105. The van der Waals surface area contributed by atoms with Crippen molar-refractivity contribution < 1.29 is 0 Å².